The van der Waals surface area contributed by atoms with Gasteiger partial charge in [0.2, 0.25) is 0 Å². The Bertz CT molecular complexity index is 629. The normalized spacial score (nSPS) is 12.2. The highest BCUT2D eigenvalue weighted by Crippen LogP contribution is 2.21. The lowest BCUT2D eigenvalue weighted by Gasteiger charge is -2.10. The van der Waals surface area contributed by atoms with Gasteiger partial charge < -0.3 is 10.5 Å². The molecule has 2 aromatic rings. The first-order valence-corrected chi connectivity index (χ1v) is 6.56. The summed E-state index contributed by atoms with van der Waals surface area (Å²) in [6, 6.07) is 7.64. The van der Waals surface area contributed by atoms with Crippen LogP contribution in [0.3, 0.4) is 0 Å². The lowest BCUT2D eigenvalue weighted by Crippen LogP contribution is -2.17. The molecular weight excluding hydrogens is 279 g/mol. The summed E-state index contributed by atoms with van der Waals surface area (Å²) in [5.41, 5.74) is 6.58. The molecule has 2 aromatic carbocycles. The molecule has 0 saturated carbocycles. The van der Waals surface area contributed by atoms with Crippen molar-refractivity contribution < 1.29 is 17.9 Å². The van der Waals surface area contributed by atoms with Crippen molar-refractivity contribution in [2.45, 2.75) is 26.0 Å². The number of ether oxygens (including phenoxy) is 1. The average molecular weight is 295 g/mol. The van der Waals surface area contributed by atoms with Crippen molar-refractivity contribution in [3.05, 3.63) is 65.0 Å². The third kappa shape index (κ3) is 4.23. The lowest BCUT2D eigenvalue weighted by atomic mass is 10.1. The molecular formula is C16H16F3NO. The molecule has 0 bridgehead atoms. The van der Waals surface area contributed by atoms with Crippen LogP contribution in [0.2, 0.25) is 0 Å². The summed E-state index contributed by atoms with van der Waals surface area (Å²) in [5.74, 6) is -1.89. The lowest BCUT2D eigenvalue weighted by molar-refractivity contribution is 0.284. The van der Waals surface area contributed by atoms with Crippen molar-refractivity contribution >= 4 is 0 Å². The number of halogens is 3. The van der Waals surface area contributed by atoms with E-state index in [9.17, 15) is 13.2 Å². The molecule has 0 heterocycles. The van der Waals surface area contributed by atoms with Crippen LogP contribution in [0, 0.1) is 17.5 Å². The highest BCUT2D eigenvalue weighted by atomic mass is 19.1. The highest BCUT2D eigenvalue weighted by molar-refractivity contribution is 5.30. The highest BCUT2D eigenvalue weighted by Gasteiger charge is 2.09. The predicted octanol–water partition coefficient (Wildman–Crippen LogP) is 3.57. The van der Waals surface area contributed by atoms with E-state index in [0.29, 0.717) is 6.42 Å². The zero-order chi connectivity index (χ0) is 15.4. The smallest absolute Gasteiger partial charge is 0.165 e. The Labute approximate surface area is 121 Å². The van der Waals surface area contributed by atoms with Crippen LogP contribution in [0.15, 0.2) is 36.4 Å². The molecule has 0 aliphatic carbocycles. The zero-order valence-corrected chi connectivity index (χ0v) is 11.6. The molecule has 2 nitrogen and oxygen atoms in total. The molecule has 0 amide bonds. The fraction of sp³-hybridized carbons (Fsp3) is 0.250. The minimum Gasteiger partial charge on any atom is -0.486 e. The summed E-state index contributed by atoms with van der Waals surface area (Å²) >= 11 is 0. The Morgan fingerprint density at radius 2 is 1.81 bits per heavy atom. The van der Waals surface area contributed by atoms with Gasteiger partial charge in [-0.2, -0.15) is 0 Å². The Morgan fingerprint density at radius 1 is 1.05 bits per heavy atom. The molecule has 2 rings (SSSR count). The minimum absolute atomic E-state index is 0.0205. The van der Waals surface area contributed by atoms with Crippen molar-refractivity contribution in [3.63, 3.8) is 0 Å². The Balaban J connectivity index is 2.06. The maximum atomic E-state index is 13.8. The minimum atomic E-state index is -0.719. The van der Waals surface area contributed by atoms with E-state index in [2.05, 4.69) is 0 Å². The van der Waals surface area contributed by atoms with E-state index in [4.69, 9.17) is 10.5 Å². The van der Waals surface area contributed by atoms with Gasteiger partial charge in [-0.3, -0.25) is 0 Å². The third-order valence-corrected chi connectivity index (χ3v) is 2.95. The van der Waals surface area contributed by atoms with E-state index in [0.717, 1.165) is 17.7 Å². The Morgan fingerprint density at radius 3 is 2.43 bits per heavy atom. The summed E-state index contributed by atoms with van der Waals surface area (Å²) in [7, 11) is 0. The second-order valence-corrected chi connectivity index (χ2v) is 4.97. The quantitative estimate of drug-likeness (QED) is 0.915. The molecule has 1 atom stereocenters. The van der Waals surface area contributed by atoms with Gasteiger partial charge in [0, 0.05) is 17.7 Å². The van der Waals surface area contributed by atoms with Crippen LogP contribution in [-0.4, -0.2) is 6.04 Å². The van der Waals surface area contributed by atoms with Gasteiger partial charge in [0.25, 0.3) is 0 Å². The van der Waals surface area contributed by atoms with Gasteiger partial charge in [-0.1, -0.05) is 6.07 Å². The van der Waals surface area contributed by atoms with Crippen LogP contribution in [0.25, 0.3) is 0 Å². The van der Waals surface area contributed by atoms with Gasteiger partial charge in [-0.15, -0.1) is 0 Å². The molecule has 0 aliphatic rings. The van der Waals surface area contributed by atoms with E-state index in [1.54, 1.807) is 6.07 Å². The van der Waals surface area contributed by atoms with Crippen LogP contribution >= 0.6 is 0 Å². The standard InChI is InChI=1S/C16H16F3NO/c1-10(20)6-11-2-5-16(15(19)7-11)21-9-12-3-4-13(17)8-14(12)18/h2-5,7-8,10H,6,9,20H2,1H3. The number of nitrogens with two attached hydrogens (primary N) is 1. The van der Waals surface area contributed by atoms with Crippen molar-refractivity contribution in [2.75, 3.05) is 0 Å². The van der Waals surface area contributed by atoms with E-state index < -0.39 is 17.5 Å². The van der Waals surface area contributed by atoms with Gasteiger partial charge in [-0.05, 0) is 43.2 Å². The van der Waals surface area contributed by atoms with E-state index >= 15 is 0 Å². The van der Waals surface area contributed by atoms with Crippen LogP contribution in [0.4, 0.5) is 13.2 Å². The monoisotopic (exact) mass is 295 g/mol. The van der Waals surface area contributed by atoms with E-state index in [1.807, 2.05) is 6.92 Å². The number of hydrogen-bond acceptors (Lipinski definition) is 2. The average Bonchev–Trinajstić information content (AvgIpc) is 2.39. The van der Waals surface area contributed by atoms with Crippen molar-refractivity contribution in [2.24, 2.45) is 5.73 Å². The first-order chi connectivity index (χ1) is 9.95. The molecule has 0 aromatic heterocycles. The molecule has 0 fully saturated rings. The molecule has 0 aliphatic heterocycles. The van der Waals surface area contributed by atoms with E-state index in [-0.39, 0.29) is 24.0 Å². The summed E-state index contributed by atoms with van der Waals surface area (Å²) in [4.78, 5) is 0. The van der Waals surface area contributed by atoms with Crippen LogP contribution in [0.1, 0.15) is 18.1 Å². The molecule has 21 heavy (non-hydrogen) atoms. The first-order valence-electron chi connectivity index (χ1n) is 6.56. The van der Waals surface area contributed by atoms with Crippen LogP contribution in [-0.2, 0) is 13.0 Å². The second kappa shape index (κ2) is 6.63. The molecule has 5 heteroatoms. The maximum Gasteiger partial charge on any atom is 0.165 e. The number of benzene rings is 2. The van der Waals surface area contributed by atoms with Crippen molar-refractivity contribution in [3.8, 4) is 5.75 Å². The largest absolute Gasteiger partial charge is 0.486 e. The Kier molecular flexibility index (Phi) is 4.85. The maximum absolute atomic E-state index is 13.8. The summed E-state index contributed by atoms with van der Waals surface area (Å²) in [6.45, 7) is 1.66. The molecule has 2 N–H and O–H groups in total. The van der Waals surface area contributed by atoms with Gasteiger partial charge in [0.15, 0.2) is 11.6 Å². The third-order valence-electron chi connectivity index (χ3n) is 2.95. The first kappa shape index (κ1) is 15.4. The van der Waals surface area contributed by atoms with Gasteiger partial charge in [0.05, 0.1) is 0 Å². The van der Waals surface area contributed by atoms with Gasteiger partial charge in [-0.25, -0.2) is 13.2 Å². The zero-order valence-electron chi connectivity index (χ0n) is 11.6. The van der Waals surface area contributed by atoms with Crippen LogP contribution in [0.5, 0.6) is 5.75 Å². The fourth-order valence-electron chi connectivity index (χ4n) is 1.95. The Hall–Kier alpha value is -2.01. The molecule has 1 unspecified atom stereocenters. The van der Waals surface area contributed by atoms with Gasteiger partial charge >= 0.3 is 0 Å². The summed E-state index contributed by atoms with van der Waals surface area (Å²) < 4.78 is 45.3. The molecule has 0 spiro atoms. The second-order valence-electron chi connectivity index (χ2n) is 4.97. The number of rotatable bonds is 5. The van der Waals surface area contributed by atoms with Crippen molar-refractivity contribution in [1.82, 2.24) is 0 Å². The summed E-state index contributed by atoms with van der Waals surface area (Å²) in [6.07, 6.45) is 0.559. The van der Waals surface area contributed by atoms with Crippen LogP contribution < -0.4 is 10.5 Å². The van der Waals surface area contributed by atoms with E-state index in [1.165, 1.54) is 18.2 Å². The topological polar surface area (TPSA) is 35.2 Å². The fourth-order valence-corrected chi connectivity index (χ4v) is 1.95. The van der Waals surface area contributed by atoms with Gasteiger partial charge in [0.1, 0.15) is 18.2 Å². The predicted molar refractivity (Wildman–Crippen MR) is 74.4 cm³/mol. The summed E-state index contributed by atoms with van der Waals surface area (Å²) in [5, 5.41) is 0. The molecule has 0 radical (unpaired) electrons. The molecule has 0 saturated heterocycles. The SMILES string of the molecule is CC(N)Cc1ccc(OCc2ccc(F)cc2F)c(F)c1. The number of hydrogen-bond donors (Lipinski definition) is 1. The van der Waals surface area contributed by atoms with Crippen molar-refractivity contribution in [1.29, 1.82) is 0 Å². The molecule has 112 valence electrons.